The second kappa shape index (κ2) is 16.7. The quantitative estimate of drug-likeness (QED) is 0.145. The Kier molecular flexibility index (Phi) is 9.81. The molecule has 12 aromatic rings. The van der Waals surface area contributed by atoms with Crippen LogP contribution < -0.4 is 0 Å². The minimum absolute atomic E-state index is 0.693. The first-order valence-corrected chi connectivity index (χ1v) is 22.4. The smallest absolute Gasteiger partial charge is 0.182 e. The van der Waals surface area contributed by atoms with Crippen molar-refractivity contribution in [1.82, 2.24) is 19.3 Å². The Hall–Kier alpha value is -8.86. The van der Waals surface area contributed by atoms with E-state index in [0.29, 0.717) is 5.82 Å². The molecule has 0 unspecified atom stereocenters. The summed E-state index contributed by atoms with van der Waals surface area (Å²) in [6.07, 6.45) is 0. The molecule has 0 saturated carbocycles. The molecule has 0 radical (unpaired) electrons. The number of benzene rings is 10. The van der Waals surface area contributed by atoms with Crippen LogP contribution in [-0.4, -0.2) is 19.3 Å². The fourth-order valence-electron chi connectivity index (χ4n) is 9.41. The van der Waals surface area contributed by atoms with Gasteiger partial charge in [-0.15, -0.1) is 5.10 Å². The van der Waals surface area contributed by atoms with E-state index in [0.717, 1.165) is 45.0 Å². The first-order valence-electron chi connectivity index (χ1n) is 22.4. The Labute approximate surface area is 384 Å². The number of fused-ring (bicyclic) bond motifs is 3. The summed E-state index contributed by atoms with van der Waals surface area (Å²) in [4.78, 5) is 5.02. The van der Waals surface area contributed by atoms with Crippen LogP contribution in [0.1, 0.15) is 0 Å². The molecule has 310 valence electrons. The maximum atomic E-state index is 5.03. The second-order valence-electron chi connectivity index (χ2n) is 16.6. The first-order chi connectivity index (χ1) is 32.7. The summed E-state index contributed by atoms with van der Waals surface area (Å²) in [7, 11) is 0. The summed E-state index contributed by atoms with van der Waals surface area (Å²) in [6, 6.07) is 90.7. The lowest BCUT2D eigenvalue weighted by Crippen LogP contribution is -1.99. The summed E-state index contributed by atoms with van der Waals surface area (Å²) >= 11 is 0. The van der Waals surface area contributed by atoms with E-state index in [2.05, 4.69) is 223 Å². The van der Waals surface area contributed by atoms with Crippen molar-refractivity contribution >= 4 is 21.8 Å². The number of nitrogens with zero attached hydrogens (tertiary/aromatic N) is 4. The predicted molar refractivity (Wildman–Crippen MR) is 274 cm³/mol. The van der Waals surface area contributed by atoms with Gasteiger partial charge in [0.2, 0.25) is 0 Å². The normalized spacial score (nSPS) is 11.3. The maximum absolute atomic E-state index is 5.03. The van der Waals surface area contributed by atoms with Gasteiger partial charge >= 0.3 is 0 Å². The highest BCUT2D eigenvalue weighted by Crippen LogP contribution is 2.41. The van der Waals surface area contributed by atoms with Crippen LogP contribution in [0.5, 0.6) is 0 Å². The molecule has 66 heavy (non-hydrogen) atoms. The van der Waals surface area contributed by atoms with E-state index in [4.69, 9.17) is 10.1 Å². The molecule has 0 saturated heterocycles. The average Bonchev–Trinajstić information content (AvgIpc) is 4.00. The van der Waals surface area contributed by atoms with Crippen molar-refractivity contribution in [3.8, 4) is 89.8 Å². The fourth-order valence-corrected chi connectivity index (χ4v) is 9.41. The third-order valence-corrected chi connectivity index (χ3v) is 12.7. The number of hydrogen-bond acceptors (Lipinski definition) is 2. The van der Waals surface area contributed by atoms with Gasteiger partial charge in [0.25, 0.3) is 0 Å². The molecule has 0 amide bonds. The fraction of sp³-hybridized carbons (Fsp3) is 0. The van der Waals surface area contributed by atoms with Crippen LogP contribution >= 0.6 is 0 Å². The highest BCUT2D eigenvalue weighted by atomic mass is 15.4. The van der Waals surface area contributed by atoms with E-state index in [1.165, 1.54) is 60.8 Å². The Morgan fingerprint density at radius 2 is 0.652 bits per heavy atom. The van der Waals surface area contributed by atoms with Crippen molar-refractivity contribution in [3.63, 3.8) is 0 Å². The zero-order valence-corrected chi connectivity index (χ0v) is 36.0. The van der Waals surface area contributed by atoms with Gasteiger partial charge in [0.1, 0.15) is 0 Å². The van der Waals surface area contributed by atoms with Crippen LogP contribution in [0.3, 0.4) is 0 Å². The van der Waals surface area contributed by atoms with Gasteiger partial charge in [-0.05, 0) is 104 Å². The monoisotopic (exact) mass is 842 g/mol. The maximum Gasteiger partial charge on any atom is 0.182 e. The van der Waals surface area contributed by atoms with Gasteiger partial charge < -0.3 is 4.57 Å². The number of rotatable bonds is 9. The van der Waals surface area contributed by atoms with Gasteiger partial charge in [0.15, 0.2) is 11.6 Å². The molecule has 10 aromatic carbocycles. The topological polar surface area (TPSA) is 35.6 Å². The predicted octanol–water partition coefficient (Wildman–Crippen LogP) is 16.0. The van der Waals surface area contributed by atoms with Crippen LogP contribution in [0.15, 0.2) is 255 Å². The van der Waals surface area contributed by atoms with Crippen LogP contribution in [0.4, 0.5) is 0 Å². The minimum atomic E-state index is 0.693. The Bertz CT molecular complexity index is 3550. The van der Waals surface area contributed by atoms with Gasteiger partial charge in [0.05, 0.1) is 16.7 Å². The lowest BCUT2D eigenvalue weighted by molar-refractivity contribution is 0.891. The van der Waals surface area contributed by atoms with Crippen molar-refractivity contribution in [1.29, 1.82) is 0 Å². The molecule has 0 atom stereocenters. The Balaban J connectivity index is 0.907. The summed E-state index contributed by atoms with van der Waals surface area (Å²) in [5, 5.41) is 7.49. The van der Waals surface area contributed by atoms with Gasteiger partial charge in [-0.2, -0.15) is 0 Å². The van der Waals surface area contributed by atoms with E-state index in [1.807, 2.05) is 41.1 Å². The standard InChI is InChI=1S/C62H42N4/c1-5-17-43(18-6-1)49-33-39-59-57(41-49)58-42-50(44-19-7-2-8-20-44)34-40-60(58)65(59)51-35-29-45(30-36-51)53-25-13-15-27-55(53)56-28-16-14-26-54(56)46-31-37-52(38-32-46)66-62(48-23-11-4-12-24-48)63-61(64-66)47-21-9-3-10-22-47/h1-42H. The number of hydrogen-bond donors (Lipinski definition) is 0. The molecule has 0 aliphatic heterocycles. The third-order valence-electron chi connectivity index (χ3n) is 12.7. The van der Waals surface area contributed by atoms with Crippen LogP contribution in [0.25, 0.3) is 112 Å². The molecule has 2 heterocycles. The van der Waals surface area contributed by atoms with E-state index in [9.17, 15) is 0 Å². The molecule has 0 fully saturated rings. The molecule has 0 bridgehead atoms. The van der Waals surface area contributed by atoms with Crippen molar-refractivity contribution in [2.75, 3.05) is 0 Å². The van der Waals surface area contributed by atoms with Crippen LogP contribution in [0.2, 0.25) is 0 Å². The molecule has 12 rings (SSSR count). The zero-order valence-electron chi connectivity index (χ0n) is 36.0. The summed E-state index contributed by atoms with van der Waals surface area (Å²) in [5.41, 5.74) is 18.2. The third kappa shape index (κ3) is 7.08. The molecular formula is C62H42N4. The van der Waals surface area contributed by atoms with Crippen molar-refractivity contribution in [2.45, 2.75) is 0 Å². The molecule has 4 heteroatoms. The summed E-state index contributed by atoms with van der Waals surface area (Å²) in [5.74, 6) is 1.49. The van der Waals surface area contributed by atoms with E-state index < -0.39 is 0 Å². The average molecular weight is 843 g/mol. The highest BCUT2D eigenvalue weighted by Gasteiger charge is 2.18. The molecule has 0 aliphatic rings. The molecule has 0 spiro atoms. The van der Waals surface area contributed by atoms with Crippen LogP contribution in [-0.2, 0) is 0 Å². The highest BCUT2D eigenvalue weighted by molar-refractivity contribution is 6.11. The lowest BCUT2D eigenvalue weighted by Gasteiger charge is -2.16. The molecular weight excluding hydrogens is 801 g/mol. The van der Waals surface area contributed by atoms with Gasteiger partial charge in [-0.3, -0.25) is 0 Å². The second-order valence-corrected chi connectivity index (χ2v) is 16.6. The van der Waals surface area contributed by atoms with Gasteiger partial charge in [-0.25, -0.2) is 9.67 Å². The largest absolute Gasteiger partial charge is 0.309 e. The molecule has 0 aliphatic carbocycles. The zero-order chi connectivity index (χ0) is 43.8. The van der Waals surface area contributed by atoms with Crippen LogP contribution in [0, 0.1) is 0 Å². The number of aromatic nitrogens is 4. The first kappa shape index (κ1) is 38.8. The molecule has 0 N–H and O–H groups in total. The van der Waals surface area contributed by atoms with E-state index >= 15 is 0 Å². The van der Waals surface area contributed by atoms with E-state index in [-0.39, 0.29) is 0 Å². The SMILES string of the molecule is c1ccc(-c2ccc3c(c2)c2cc(-c4ccccc4)ccc2n3-c2ccc(-c3ccccc3-c3ccccc3-c3ccc(-n4nc(-c5ccccc5)nc4-c4ccccc4)cc3)cc2)cc1. The Morgan fingerprint density at radius 3 is 1.12 bits per heavy atom. The van der Waals surface area contributed by atoms with E-state index in [1.54, 1.807) is 0 Å². The summed E-state index contributed by atoms with van der Waals surface area (Å²) < 4.78 is 4.36. The van der Waals surface area contributed by atoms with Gasteiger partial charge in [-0.1, -0.05) is 206 Å². The van der Waals surface area contributed by atoms with Gasteiger partial charge in [0, 0.05) is 27.6 Å². The minimum Gasteiger partial charge on any atom is -0.309 e. The molecule has 4 nitrogen and oxygen atoms in total. The van der Waals surface area contributed by atoms with Crippen molar-refractivity contribution < 1.29 is 0 Å². The lowest BCUT2D eigenvalue weighted by atomic mass is 9.89. The Morgan fingerprint density at radius 1 is 0.273 bits per heavy atom. The summed E-state index contributed by atoms with van der Waals surface area (Å²) in [6.45, 7) is 0. The van der Waals surface area contributed by atoms with Crippen molar-refractivity contribution in [3.05, 3.63) is 255 Å². The molecule has 2 aromatic heterocycles. The van der Waals surface area contributed by atoms with Crippen molar-refractivity contribution in [2.24, 2.45) is 0 Å².